The van der Waals surface area contributed by atoms with Crippen LogP contribution in [0.1, 0.15) is 64.1 Å². The Bertz CT molecular complexity index is 943. The molecule has 2 aliphatic rings. The molecule has 3 atom stereocenters. The topological polar surface area (TPSA) is 110 Å². The van der Waals surface area contributed by atoms with Crippen molar-refractivity contribution in [3.05, 3.63) is 28.2 Å². The van der Waals surface area contributed by atoms with Gasteiger partial charge in [0.05, 0.1) is 13.0 Å². The Morgan fingerprint density at radius 2 is 2.09 bits per heavy atom. The number of amides is 2. The molecule has 180 valence electrons. The van der Waals surface area contributed by atoms with Gasteiger partial charge in [-0.2, -0.15) is 0 Å². The Balaban J connectivity index is 1.88. The van der Waals surface area contributed by atoms with E-state index in [2.05, 4.69) is 27.5 Å². The van der Waals surface area contributed by atoms with Gasteiger partial charge in [0.25, 0.3) is 0 Å². The lowest BCUT2D eigenvalue weighted by molar-refractivity contribution is -0.155. The lowest BCUT2D eigenvalue weighted by Crippen LogP contribution is -2.53. The van der Waals surface area contributed by atoms with Crippen LogP contribution < -0.4 is 10.6 Å². The van der Waals surface area contributed by atoms with E-state index in [0.29, 0.717) is 29.5 Å². The number of rotatable bonds is 5. The maximum atomic E-state index is 13.2. The quantitative estimate of drug-likeness (QED) is 0.482. The van der Waals surface area contributed by atoms with Crippen molar-refractivity contribution >= 4 is 45.9 Å². The monoisotopic (exact) mass is 492 g/mol. The van der Waals surface area contributed by atoms with Crippen molar-refractivity contribution in [2.24, 2.45) is 10.9 Å². The molecule has 2 unspecified atom stereocenters. The third kappa shape index (κ3) is 6.66. The molecule has 0 aliphatic carbocycles. The van der Waals surface area contributed by atoms with Crippen LogP contribution in [0.15, 0.2) is 22.5 Å². The van der Waals surface area contributed by atoms with E-state index in [9.17, 15) is 14.4 Å². The molecule has 0 spiro atoms. The van der Waals surface area contributed by atoms with Crippen LogP contribution in [0.5, 0.6) is 0 Å². The number of hydrogen-bond acceptors (Lipinski definition) is 8. The molecular weight excluding hydrogens is 460 g/mol. The van der Waals surface area contributed by atoms with E-state index in [1.807, 2.05) is 31.4 Å². The van der Waals surface area contributed by atoms with E-state index < -0.39 is 23.7 Å². The van der Waals surface area contributed by atoms with Gasteiger partial charge in [-0.15, -0.1) is 23.1 Å². The van der Waals surface area contributed by atoms with Gasteiger partial charge in [0.2, 0.25) is 11.8 Å². The van der Waals surface area contributed by atoms with Crippen molar-refractivity contribution in [2.45, 2.75) is 77.6 Å². The summed E-state index contributed by atoms with van der Waals surface area (Å²) in [6.45, 7) is 7.85. The molecule has 8 nitrogen and oxygen atoms in total. The maximum absolute atomic E-state index is 13.2. The third-order valence-corrected chi connectivity index (χ3v) is 7.59. The van der Waals surface area contributed by atoms with E-state index in [0.717, 1.165) is 17.8 Å². The normalized spacial score (nSPS) is 26.8. The van der Waals surface area contributed by atoms with Gasteiger partial charge in [0.1, 0.15) is 33.4 Å². The van der Waals surface area contributed by atoms with Gasteiger partial charge in [-0.05, 0) is 19.3 Å². The predicted molar refractivity (Wildman–Crippen MR) is 131 cm³/mol. The smallest absolute Gasteiger partial charge is 0.329 e. The van der Waals surface area contributed by atoms with Gasteiger partial charge in [-0.3, -0.25) is 14.6 Å². The number of nitrogens with zero attached hydrogens (tertiary/aromatic N) is 2. The van der Waals surface area contributed by atoms with Gasteiger partial charge in [-0.1, -0.05) is 39.3 Å². The Morgan fingerprint density at radius 1 is 1.30 bits per heavy atom. The Morgan fingerprint density at radius 3 is 2.82 bits per heavy atom. The first kappa shape index (κ1) is 25.4. The fourth-order valence-corrected chi connectivity index (χ4v) is 5.35. The summed E-state index contributed by atoms with van der Waals surface area (Å²) < 4.78 is 5.75. The number of aromatic nitrogens is 1. The van der Waals surface area contributed by atoms with Gasteiger partial charge in [-0.25, -0.2) is 9.78 Å². The zero-order chi connectivity index (χ0) is 24.0. The molecular formula is C23H32N4O4S2. The number of aliphatic imine (C=N–C) groups is 1. The van der Waals surface area contributed by atoms with Gasteiger partial charge < -0.3 is 15.4 Å². The number of ether oxygens (including phenoxy) is 1. The number of carbonyl (C=O) groups is 3. The van der Waals surface area contributed by atoms with Crippen LogP contribution in [0.2, 0.25) is 0 Å². The second-order valence-corrected chi connectivity index (χ2v) is 10.7. The number of carbonyl (C=O) groups excluding carboxylic acids is 3. The average Bonchev–Trinajstić information content (AvgIpc) is 3.40. The Labute approximate surface area is 203 Å². The molecule has 2 aliphatic heterocycles. The minimum atomic E-state index is -0.995. The van der Waals surface area contributed by atoms with E-state index in [1.54, 1.807) is 6.92 Å². The summed E-state index contributed by atoms with van der Waals surface area (Å²) in [5.41, 5.74) is -0.290. The van der Waals surface area contributed by atoms with Crippen molar-refractivity contribution in [3.8, 4) is 0 Å². The van der Waals surface area contributed by atoms with Crippen molar-refractivity contribution in [1.29, 1.82) is 0 Å². The van der Waals surface area contributed by atoms with Crippen LogP contribution in [0.3, 0.4) is 0 Å². The summed E-state index contributed by atoms with van der Waals surface area (Å²) in [6.07, 6.45) is 5.75. The highest BCUT2D eigenvalue weighted by Crippen LogP contribution is 2.32. The van der Waals surface area contributed by atoms with E-state index >= 15 is 0 Å². The molecule has 3 rings (SSSR count). The summed E-state index contributed by atoms with van der Waals surface area (Å²) in [4.78, 5) is 48.0. The molecule has 1 aromatic heterocycles. The van der Waals surface area contributed by atoms with E-state index in [-0.39, 0.29) is 24.2 Å². The Kier molecular flexibility index (Phi) is 8.69. The van der Waals surface area contributed by atoms with Crippen LogP contribution in [-0.2, 0) is 25.7 Å². The number of thiazole rings is 1. The van der Waals surface area contributed by atoms with Crippen LogP contribution in [0.25, 0.3) is 0 Å². The first-order valence-corrected chi connectivity index (χ1v) is 13.2. The average molecular weight is 493 g/mol. The van der Waals surface area contributed by atoms with Crippen molar-refractivity contribution in [1.82, 2.24) is 15.6 Å². The van der Waals surface area contributed by atoms with Crippen molar-refractivity contribution in [2.75, 3.05) is 5.75 Å². The molecule has 33 heavy (non-hydrogen) atoms. The van der Waals surface area contributed by atoms with Gasteiger partial charge in [0, 0.05) is 17.6 Å². The summed E-state index contributed by atoms with van der Waals surface area (Å²) >= 11 is 2.90. The lowest BCUT2D eigenvalue weighted by atomic mass is 10.00. The summed E-state index contributed by atoms with van der Waals surface area (Å²) in [7, 11) is 0. The number of thioether (sulfide) groups is 1. The molecule has 1 aromatic rings. The third-order valence-electron chi connectivity index (χ3n) is 5.46. The molecule has 4 bridgehead atoms. The summed E-state index contributed by atoms with van der Waals surface area (Å²) in [6, 6.07) is -0.831. The largest absolute Gasteiger partial charge is 0.460 e. The maximum Gasteiger partial charge on any atom is 0.329 e. The minimum Gasteiger partial charge on any atom is -0.460 e. The predicted octanol–water partition coefficient (Wildman–Crippen LogP) is 3.21. The van der Waals surface area contributed by atoms with Crippen LogP contribution >= 0.6 is 23.1 Å². The number of hydrogen-bond donors (Lipinski definition) is 2. The molecule has 3 heterocycles. The SMILES string of the molecule is CCC/C=C\CC1CC(=O)NCc2nc(cs2)C2=N[C@@](C)(CS2)C(=O)NC(C(C)C)C(=O)O1. The van der Waals surface area contributed by atoms with Gasteiger partial charge in [0.15, 0.2) is 0 Å². The first-order chi connectivity index (χ1) is 15.7. The number of nitrogens with one attached hydrogen (secondary N) is 2. The van der Waals surface area contributed by atoms with Crippen molar-refractivity contribution < 1.29 is 19.1 Å². The molecule has 0 saturated carbocycles. The van der Waals surface area contributed by atoms with Crippen LogP contribution in [-0.4, -0.2) is 51.2 Å². The highest BCUT2D eigenvalue weighted by molar-refractivity contribution is 8.14. The summed E-state index contributed by atoms with van der Waals surface area (Å²) in [5.74, 6) is -0.797. The number of cyclic esters (lactones) is 1. The zero-order valence-corrected chi connectivity index (χ0v) is 21.2. The molecule has 0 aromatic carbocycles. The number of unbranched alkanes of at least 4 members (excludes halogenated alkanes) is 1. The van der Waals surface area contributed by atoms with Crippen LogP contribution in [0.4, 0.5) is 0 Å². The lowest BCUT2D eigenvalue weighted by Gasteiger charge is -2.27. The van der Waals surface area contributed by atoms with E-state index in [4.69, 9.17) is 4.74 Å². The molecule has 10 heteroatoms. The second kappa shape index (κ2) is 11.3. The fraction of sp³-hybridized carbons (Fsp3) is 0.609. The standard InChI is InChI=1S/C23H32N4O4S2/c1-5-6-7-8-9-15-10-17(28)24-11-18-25-16(12-32-18)20-27-23(4,13-33-20)22(30)26-19(14(2)3)21(29)31-15/h7-8,12,14-15,19H,5-6,9-11,13H2,1-4H3,(H,24,28)(H,26,30)/b8-7-/t15?,19?,23-/m0/s1. The first-order valence-electron chi connectivity index (χ1n) is 11.3. The zero-order valence-electron chi connectivity index (χ0n) is 19.6. The minimum absolute atomic E-state index is 0.0411. The molecule has 2 N–H and O–H groups in total. The molecule has 0 radical (unpaired) electrons. The number of allylic oxidation sites excluding steroid dienone is 1. The molecule has 0 fully saturated rings. The van der Waals surface area contributed by atoms with Crippen molar-refractivity contribution in [3.63, 3.8) is 0 Å². The van der Waals surface area contributed by atoms with E-state index in [1.165, 1.54) is 23.1 Å². The summed E-state index contributed by atoms with van der Waals surface area (Å²) in [5, 5.41) is 9.06. The van der Waals surface area contributed by atoms with Crippen LogP contribution in [0, 0.1) is 5.92 Å². The second-order valence-electron chi connectivity index (χ2n) is 8.84. The fourth-order valence-electron chi connectivity index (χ4n) is 3.43. The Hall–Kier alpha value is -2.20. The number of fused-ring (bicyclic) bond motifs is 4. The van der Waals surface area contributed by atoms with Gasteiger partial charge >= 0.3 is 5.97 Å². The highest BCUT2D eigenvalue weighted by atomic mass is 32.2. The molecule has 0 saturated heterocycles. The number of esters is 1. The highest BCUT2D eigenvalue weighted by Gasteiger charge is 2.41. The molecule has 2 amide bonds.